The van der Waals surface area contributed by atoms with E-state index < -0.39 is 11.6 Å². The minimum Gasteiger partial charge on any atom is -0.459 e. The molecular formula is C18H21FN2O3S. The molecule has 0 saturated heterocycles. The summed E-state index contributed by atoms with van der Waals surface area (Å²) in [5.41, 5.74) is 0.921. The molecule has 0 aliphatic rings. The molecule has 0 aliphatic carbocycles. The molecule has 1 N–H and O–H groups in total. The number of amides is 1. The van der Waals surface area contributed by atoms with Crippen LogP contribution >= 0.6 is 11.3 Å². The second-order valence-corrected chi connectivity index (χ2v) is 7.68. The molecule has 2 aromatic rings. The van der Waals surface area contributed by atoms with Gasteiger partial charge in [0.15, 0.2) is 0 Å². The van der Waals surface area contributed by atoms with Crippen LogP contribution in [0.4, 0.5) is 4.39 Å². The maximum absolute atomic E-state index is 12.9. The van der Waals surface area contributed by atoms with E-state index in [2.05, 4.69) is 10.3 Å². The number of carbonyl (C=O) groups is 2. The maximum atomic E-state index is 12.9. The van der Waals surface area contributed by atoms with E-state index in [0.29, 0.717) is 17.0 Å². The SMILES string of the molecule is Cc1nc(Cc2ccc(F)cc2)sc1C(=O)NCC(=O)OC(C)(C)C. The number of aryl methyl sites for hydroxylation is 1. The summed E-state index contributed by atoms with van der Waals surface area (Å²) in [6, 6.07) is 6.16. The largest absolute Gasteiger partial charge is 0.459 e. The minimum absolute atomic E-state index is 0.194. The predicted molar refractivity (Wildman–Crippen MR) is 94.2 cm³/mol. The molecule has 0 spiro atoms. The molecule has 1 amide bonds. The van der Waals surface area contributed by atoms with E-state index in [0.717, 1.165) is 10.6 Å². The van der Waals surface area contributed by atoms with Crippen molar-refractivity contribution < 1.29 is 18.7 Å². The highest BCUT2D eigenvalue weighted by Gasteiger charge is 2.19. The van der Waals surface area contributed by atoms with Crippen molar-refractivity contribution in [1.29, 1.82) is 0 Å². The average Bonchev–Trinajstić information content (AvgIpc) is 2.86. The van der Waals surface area contributed by atoms with Crippen molar-refractivity contribution in [1.82, 2.24) is 10.3 Å². The zero-order chi connectivity index (χ0) is 18.6. The van der Waals surface area contributed by atoms with Crippen LogP contribution in [0.1, 0.15) is 46.7 Å². The first-order valence-corrected chi connectivity index (χ1v) is 8.66. The van der Waals surface area contributed by atoms with E-state index in [9.17, 15) is 14.0 Å². The van der Waals surface area contributed by atoms with Crippen LogP contribution in [0.25, 0.3) is 0 Å². The van der Waals surface area contributed by atoms with Gasteiger partial charge in [0.05, 0.1) is 10.7 Å². The summed E-state index contributed by atoms with van der Waals surface area (Å²) in [5, 5.41) is 3.31. The van der Waals surface area contributed by atoms with Gasteiger partial charge >= 0.3 is 5.97 Å². The molecule has 0 fully saturated rings. The highest BCUT2D eigenvalue weighted by atomic mass is 32.1. The number of aromatic nitrogens is 1. The quantitative estimate of drug-likeness (QED) is 0.827. The minimum atomic E-state index is -0.593. The Labute approximate surface area is 150 Å². The maximum Gasteiger partial charge on any atom is 0.325 e. The Balaban J connectivity index is 1.98. The highest BCUT2D eigenvalue weighted by Crippen LogP contribution is 2.21. The summed E-state index contributed by atoms with van der Waals surface area (Å²) >= 11 is 1.26. The lowest BCUT2D eigenvalue weighted by atomic mass is 10.1. The second-order valence-electron chi connectivity index (χ2n) is 6.59. The van der Waals surface area contributed by atoms with E-state index in [1.165, 1.54) is 23.5 Å². The first-order valence-electron chi connectivity index (χ1n) is 7.85. The fourth-order valence-corrected chi connectivity index (χ4v) is 3.14. The number of thiazole rings is 1. The molecule has 0 aliphatic heterocycles. The third kappa shape index (κ3) is 5.94. The molecule has 0 saturated carbocycles. The van der Waals surface area contributed by atoms with E-state index in [-0.39, 0.29) is 18.3 Å². The normalized spacial score (nSPS) is 11.2. The smallest absolute Gasteiger partial charge is 0.325 e. The average molecular weight is 364 g/mol. The van der Waals surface area contributed by atoms with Crippen molar-refractivity contribution in [2.75, 3.05) is 6.54 Å². The van der Waals surface area contributed by atoms with E-state index >= 15 is 0 Å². The summed E-state index contributed by atoms with van der Waals surface area (Å²) in [7, 11) is 0. The van der Waals surface area contributed by atoms with Crippen LogP contribution in [-0.2, 0) is 16.0 Å². The van der Waals surface area contributed by atoms with E-state index in [1.807, 2.05) is 0 Å². The van der Waals surface area contributed by atoms with Crippen molar-refractivity contribution in [2.24, 2.45) is 0 Å². The molecule has 5 nitrogen and oxygen atoms in total. The van der Waals surface area contributed by atoms with Crippen LogP contribution in [-0.4, -0.2) is 29.0 Å². The van der Waals surface area contributed by atoms with Crippen molar-refractivity contribution in [2.45, 2.75) is 39.7 Å². The summed E-state index contributed by atoms with van der Waals surface area (Å²) < 4.78 is 18.1. The van der Waals surface area contributed by atoms with Crippen LogP contribution in [0.3, 0.4) is 0 Å². The summed E-state index contributed by atoms with van der Waals surface area (Å²) in [5.74, 6) is -1.14. The number of carbonyl (C=O) groups excluding carboxylic acids is 2. The Morgan fingerprint density at radius 1 is 1.24 bits per heavy atom. The molecule has 0 radical (unpaired) electrons. The van der Waals surface area contributed by atoms with Gasteiger partial charge in [0.1, 0.15) is 22.8 Å². The molecule has 1 aromatic heterocycles. The highest BCUT2D eigenvalue weighted by molar-refractivity contribution is 7.13. The molecule has 0 bridgehead atoms. The number of hydrogen-bond acceptors (Lipinski definition) is 5. The Morgan fingerprint density at radius 2 is 1.88 bits per heavy atom. The number of esters is 1. The number of hydrogen-bond donors (Lipinski definition) is 1. The topological polar surface area (TPSA) is 68.3 Å². The molecule has 0 atom stereocenters. The van der Waals surface area contributed by atoms with Crippen molar-refractivity contribution in [3.63, 3.8) is 0 Å². The zero-order valence-electron chi connectivity index (χ0n) is 14.7. The van der Waals surface area contributed by atoms with Gasteiger partial charge in [0.2, 0.25) is 0 Å². The second kappa shape index (κ2) is 7.74. The number of rotatable bonds is 5. The number of benzene rings is 1. The monoisotopic (exact) mass is 364 g/mol. The number of halogens is 1. The molecule has 1 heterocycles. The lowest BCUT2D eigenvalue weighted by Crippen LogP contribution is -2.34. The van der Waals surface area contributed by atoms with Crippen LogP contribution < -0.4 is 5.32 Å². The summed E-state index contributed by atoms with van der Waals surface area (Å²) in [4.78, 5) is 28.8. The van der Waals surface area contributed by atoms with Crippen LogP contribution in [0.5, 0.6) is 0 Å². The first-order chi connectivity index (χ1) is 11.6. The van der Waals surface area contributed by atoms with Gasteiger partial charge in [-0.05, 0) is 45.4 Å². The lowest BCUT2D eigenvalue weighted by molar-refractivity contribution is -0.153. The molecular weight excluding hydrogens is 343 g/mol. The molecule has 7 heteroatoms. The predicted octanol–water partition coefficient (Wildman–Crippen LogP) is 3.25. The first kappa shape index (κ1) is 19.1. The summed E-state index contributed by atoms with van der Waals surface area (Å²) in [6.45, 7) is 6.85. The summed E-state index contributed by atoms with van der Waals surface area (Å²) in [6.07, 6.45) is 0.519. The van der Waals surface area contributed by atoms with Gasteiger partial charge in [-0.1, -0.05) is 12.1 Å². The molecule has 134 valence electrons. The standard InChI is InChI=1S/C18H21FN2O3S/c1-11-16(17(23)20-10-15(22)24-18(2,3)4)25-14(21-11)9-12-5-7-13(19)8-6-12/h5-8H,9-10H2,1-4H3,(H,20,23). The molecule has 0 unspecified atom stereocenters. The van der Waals surface area contributed by atoms with Gasteiger partial charge in [-0.15, -0.1) is 11.3 Å². The van der Waals surface area contributed by atoms with E-state index in [4.69, 9.17) is 4.74 Å². The van der Waals surface area contributed by atoms with E-state index in [1.54, 1.807) is 39.8 Å². The van der Waals surface area contributed by atoms with Gasteiger partial charge in [0, 0.05) is 6.42 Å². The van der Waals surface area contributed by atoms with Gasteiger partial charge in [0.25, 0.3) is 5.91 Å². The Hall–Kier alpha value is -2.28. The Bertz CT molecular complexity index is 764. The van der Waals surface area contributed by atoms with Crippen LogP contribution in [0.15, 0.2) is 24.3 Å². The van der Waals surface area contributed by atoms with Crippen LogP contribution in [0.2, 0.25) is 0 Å². The Kier molecular flexibility index (Phi) is 5.89. The van der Waals surface area contributed by atoms with Gasteiger partial charge in [-0.3, -0.25) is 9.59 Å². The number of nitrogens with zero attached hydrogens (tertiary/aromatic N) is 1. The third-order valence-corrected chi connectivity index (χ3v) is 4.29. The van der Waals surface area contributed by atoms with Gasteiger partial charge < -0.3 is 10.1 Å². The number of nitrogens with one attached hydrogen (secondary N) is 1. The van der Waals surface area contributed by atoms with Crippen LogP contribution in [0, 0.1) is 12.7 Å². The third-order valence-electron chi connectivity index (χ3n) is 3.13. The van der Waals surface area contributed by atoms with Gasteiger partial charge in [-0.25, -0.2) is 9.37 Å². The fourth-order valence-electron chi connectivity index (χ4n) is 2.13. The Morgan fingerprint density at radius 3 is 2.48 bits per heavy atom. The van der Waals surface area contributed by atoms with Crippen molar-refractivity contribution in [3.8, 4) is 0 Å². The molecule has 25 heavy (non-hydrogen) atoms. The molecule has 2 rings (SSSR count). The van der Waals surface area contributed by atoms with Crippen molar-refractivity contribution in [3.05, 3.63) is 51.2 Å². The van der Waals surface area contributed by atoms with Gasteiger partial charge in [-0.2, -0.15) is 0 Å². The lowest BCUT2D eigenvalue weighted by Gasteiger charge is -2.19. The van der Waals surface area contributed by atoms with Crippen molar-refractivity contribution >= 4 is 23.2 Å². The number of ether oxygens (including phenoxy) is 1. The molecule has 1 aromatic carbocycles. The zero-order valence-corrected chi connectivity index (χ0v) is 15.5. The fraction of sp³-hybridized carbons (Fsp3) is 0.389.